The number of aromatic hydroxyl groups is 2. The summed E-state index contributed by atoms with van der Waals surface area (Å²) in [6.07, 6.45) is 0.255. The molecule has 4 heterocycles. The van der Waals surface area contributed by atoms with Gasteiger partial charge in [-0.15, -0.1) is 0 Å². The lowest BCUT2D eigenvalue weighted by Gasteiger charge is -2.36. The molecule has 0 radical (unpaired) electrons. The van der Waals surface area contributed by atoms with Gasteiger partial charge in [-0.3, -0.25) is 33.3 Å². The van der Waals surface area contributed by atoms with Crippen molar-refractivity contribution >= 4 is 47.2 Å². The number of nitrogens with zero attached hydrogens (tertiary/aromatic N) is 1. The van der Waals surface area contributed by atoms with Crippen molar-refractivity contribution < 1.29 is 90.0 Å². The number of unbranched alkanes of at least 4 members (excludes halogenated alkanes) is 3. The largest absolute Gasteiger partial charge is 0.508 e. The molecule has 5 atom stereocenters. The van der Waals surface area contributed by atoms with Crippen LogP contribution in [-0.2, 0) is 51.5 Å². The molecule has 370 valence electrons. The first-order valence-corrected chi connectivity index (χ1v) is 25.4. The van der Waals surface area contributed by atoms with Crippen molar-refractivity contribution in [1.82, 2.24) is 25.5 Å². The zero-order valence-corrected chi connectivity index (χ0v) is 38.4. The van der Waals surface area contributed by atoms with Crippen LogP contribution in [-0.4, -0.2) is 94.9 Å². The van der Waals surface area contributed by atoms with Gasteiger partial charge in [-0.25, -0.2) is 23.3 Å². The van der Waals surface area contributed by atoms with Gasteiger partial charge < -0.3 is 59.9 Å². The summed E-state index contributed by atoms with van der Waals surface area (Å²) >= 11 is 0. The number of phosphoric ester groups is 1. The molecule has 3 amide bonds. The highest BCUT2D eigenvalue weighted by atomic mass is 31.3. The van der Waals surface area contributed by atoms with Crippen LogP contribution in [0.3, 0.4) is 0 Å². The summed E-state index contributed by atoms with van der Waals surface area (Å²) in [6.45, 7) is -0.378. The molecule has 29 heteroatoms. The van der Waals surface area contributed by atoms with Crippen molar-refractivity contribution in [3.63, 3.8) is 0 Å². The van der Waals surface area contributed by atoms with Gasteiger partial charge in [-0.1, -0.05) is 18.9 Å². The molecular formula is C40H44N5O21P3. The molecule has 0 aliphatic carbocycles. The lowest BCUT2D eigenvalue weighted by atomic mass is 9.77. The first kappa shape index (κ1) is 50.9. The monoisotopic (exact) mass is 1020 g/mol. The van der Waals surface area contributed by atoms with Gasteiger partial charge in [0.05, 0.1) is 18.2 Å². The van der Waals surface area contributed by atoms with Crippen LogP contribution in [0.2, 0.25) is 0 Å². The van der Waals surface area contributed by atoms with Gasteiger partial charge in [0.25, 0.3) is 11.5 Å². The number of esters is 1. The summed E-state index contributed by atoms with van der Waals surface area (Å²) in [6, 6.07) is 13.3. The fourth-order valence-corrected chi connectivity index (χ4v) is 10.9. The average Bonchev–Trinajstić information content (AvgIpc) is 3.78. The molecule has 0 bridgehead atoms. The summed E-state index contributed by atoms with van der Waals surface area (Å²) in [7, 11) is -17.1. The Morgan fingerprint density at radius 3 is 2.03 bits per heavy atom. The second-order valence-electron chi connectivity index (χ2n) is 15.8. The number of fused-ring (bicyclic) bond motifs is 6. The molecule has 3 aromatic carbocycles. The van der Waals surface area contributed by atoms with E-state index >= 15 is 0 Å². The number of carbonyl (C=O) groups excluding carboxylic acids is 4. The van der Waals surface area contributed by atoms with Crippen molar-refractivity contribution in [2.24, 2.45) is 0 Å². The number of aromatic nitrogens is 2. The van der Waals surface area contributed by atoms with Crippen molar-refractivity contribution in [2.75, 3.05) is 19.7 Å². The number of rotatable bonds is 20. The molecule has 3 aliphatic heterocycles. The van der Waals surface area contributed by atoms with Gasteiger partial charge in [0.15, 0.2) is 5.60 Å². The Balaban J connectivity index is 0.836. The number of amides is 3. The summed E-state index contributed by atoms with van der Waals surface area (Å²) in [5.41, 5.74) is -1.38. The third-order valence-corrected chi connectivity index (χ3v) is 14.7. The van der Waals surface area contributed by atoms with Gasteiger partial charge in [-0.05, 0) is 49.2 Å². The number of phenolic OH excluding ortho intramolecular Hbond substituents is 2. The van der Waals surface area contributed by atoms with Crippen LogP contribution in [0.4, 0.5) is 0 Å². The molecule has 26 nitrogen and oxygen atoms in total. The molecule has 0 saturated carbocycles. The topological polar surface area (TPSA) is 387 Å². The van der Waals surface area contributed by atoms with Crippen molar-refractivity contribution in [3.05, 3.63) is 116 Å². The number of aromatic amines is 1. The van der Waals surface area contributed by atoms with E-state index in [9.17, 15) is 62.5 Å². The number of hydrogen-bond donors (Lipinski definition) is 10. The third kappa shape index (κ3) is 12.2. The van der Waals surface area contributed by atoms with E-state index in [1.807, 2.05) is 4.98 Å². The van der Waals surface area contributed by atoms with Gasteiger partial charge in [0.1, 0.15) is 35.3 Å². The lowest BCUT2D eigenvalue weighted by molar-refractivity contribution is -0.127. The highest BCUT2D eigenvalue weighted by molar-refractivity contribution is 7.66. The molecule has 7 rings (SSSR count). The van der Waals surface area contributed by atoms with E-state index in [1.165, 1.54) is 30.3 Å². The molecule has 1 saturated heterocycles. The number of ether oxygens (including phenoxy) is 3. The third-order valence-electron chi connectivity index (χ3n) is 10.9. The maximum absolute atomic E-state index is 13.4. The summed E-state index contributed by atoms with van der Waals surface area (Å²) in [5, 5.41) is 28.4. The van der Waals surface area contributed by atoms with E-state index in [1.54, 1.807) is 24.3 Å². The first-order valence-electron chi connectivity index (χ1n) is 20.8. The molecule has 1 fully saturated rings. The molecule has 1 aromatic heterocycles. The van der Waals surface area contributed by atoms with E-state index < -0.39 is 89.0 Å². The molecule has 4 aromatic rings. The minimum atomic E-state index is -5.84. The second-order valence-corrected chi connectivity index (χ2v) is 20.2. The van der Waals surface area contributed by atoms with Crippen molar-refractivity contribution in [1.29, 1.82) is 0 Å². The smallest absolute Gasteiger partial charge is 0.490 e. The normalized spacial score (nSPS) is 19.5. The second kappa shape index (κ2) is 20.5. The lowest BCUT2D eigenvalue weighted by Crippen LogP contribution is -2.42. The van der Waals surface area contributed by atoms with E-state index in [4.69, 9.17) is 24.0 Å². The SMILES string of the molecule is O=C(CCC(=O)N[C@H]1C[C@H](n2ccc(=O)[nH]c2=O)O[C@@H]1COP(=O)(O)OP(=O)(O)OP(=O)(O)O)NCCCCCCNC(=O)c1ccc2c(c1)C(=O)OC21c2ccc(O)cc2Oc2cc(O)ccc21. The molecule has 2 unspecified atom stereocenters. The Morgan fingerprint density at radius 2 is 1.39 bits per heavy atom. The zero-order chi connectivity index (χ0) is 49.9. The van der Waals surface area contributed by atoms with Crippen LogP contribution in [0, 0.1) is 0 Å². The highest BCUT2D eigenvalue weighted by Gasteiger charge is 2.54. The Morgan fingerprint density at radius 1 is 0.768 bits per heavy atom. The van der Waals surface area contributed by atoms with E-state index in [2.05, 4.69) is 29.1 Å². The summed E-state index contributed by atoms with van der Waals surface area (Å²) in [5.74, 6) is -1.98. The summed E-state index contributed by atoms with van der Waals surface area (Å²) in [4.78, 5) is 115. The van der Waals surface area contributed by atoms with Crippen LogP contribution in [0.15, 0.2) is 76.4 Å². The van der Waals surface area contributed by atoms with E-state index in [0.29, 0.717) is 48.9 Å². The van der Waals surface area contributed by atoms with E-state index in [-0.39, 0.29) is 59.9 Å². The fraction of sp³-hybridized carbons (Fsp3) is 0.350. The van der Waals surface area contributed by atoms with E-state index in [0.717, 1.165) is 16.8 Å². The Hall–Kier alpha value is -6.01. The molecular weight excluding hydrogens is 979 g/mol. The highest BCUT2D eigenvalue weighted by Crippen LogP contribution is 2.66. The molecule has 10 N–H and O–H groups in total. The average molecular weight is 1020 g/mol. The fourth-order valence-electron chi connectivity index (χ4n) is 7.91. The number of H-pyrrole nitrogens is 1. The number of phosphoric acid groups is 3. The predicted molar refractivity (Wildman–Crippen MR) is 233 cm³/mol. The van der Waals surface area contributed by atoms with Gasteiger partial charge in [0, 0.05) is 79.0 Å². The predicted octanol–water partition coefficient (Wildman–Crippen LogP) is 2.52. The van der Waals surface area contributed by atoms with Crippen molar-refractivity contribution in [2.45, 2.75) is 68.9 Å². The van der Waals surface area contributed by atoms with Gasteiger partial charge in [-0.2, -0.15) is 8.62 Å². The van der Waals surface area contributed by atoms with Crippen LogP contribution >= 0.6 is 23.5 Å². The van der Waals surface area contributed by atoms with Crippen LogP contribution < -0.4 is 31.9 Å². The maximum Gasteiger partial charge on any atom is 0.490 e. The number of nitrogens with one attached hydrogen (secondary N) is 4. The standard InChI is InChI=1S/C40H44N5O21P3/c46-23-6-9-27-30(18-23)62-31-19-24(47)7-10-28(31)40(27)26-8-5-22(17-25(26)38(52)64-40)37(51)42-15-4-2-1-3-14-41-33(48)11-12-34(49)43-29-20-36(45-16-13-35(50)44-39(45)53)63-32(29)21-61-68(57,58)66-69(59,60)65-67(54,55)56/h5-10,13,16-19,29,32,36,46-47H,1-4,11-12,14-15,20-21H2,(H,41,48)(H,42,51)(H,43,49)(H,57,58)(H,59,60)(H,44,50,53)(H2,54,55,56)/t29-,32+,36+/m0/s1. The molecule has 3 aliphatic rings. The molecule has 1 spiro atoms. The Labute approximate surface area is 389 Å². The number of carbonyl (C=O) groups is 4. The quantitative estimate of drug-likeness (QED) is 0.0345. The first-order chi connectivity index (χ1) is 32.5. The van der Waals surface area contributed by atoms with Gasteiger partial charge >= 0.3 is 35.1 Å². The minimum Gasteiger partial charge on any atom is -0.508 e. The molecule has 69 heavy (non-hydrogen) atoms. The number of hydrogen-bond acceptors (Lipinski definition) is 17. The number of phenols is 2. The maximum atomic E-state index is 13.4. The van der Waals surface area contributed by atoms with Crippen LogP contribution in [0.1, 0.15) is 88.6 Å². The van der Waals surface area contributed by atoms with Crippen LogP contribution in [0.5, 0.6) is 23.0 Å². The zero-order valence-electron chi connectivity index (χ0n) is 35.7. The Bertz CT molecular complexity index is 2890. The minimum absolute atomic E-state index is 0.0844. The Kier molecular flexibility index (Phi) is 15.1. The summed E-state index contributed by atoms with van der Waals surface area (Å²) < 4.78 is 65.7. The number of benzene rings is 3. The van der Waals surface area contributed by atoms with Gasteiger partial charge in [0.2, 0.25) is 11.8 Å². The van der Waals surface area contributed by atoms with Crippen molar-refractivity contribution in [3.8, 4) is 23.0 Å². The van der Waals surface area contributed by atoms with Crippen LogP contribution in [0.25, 0.3) is 0 Å².